The van der Waals surface area contributed by atoms with E-state index in [4.69, 9.17) is 4.42 Å². The molecule has 0 bridgehead atoms. The monoisotopic (exact) mass is 270 g/mol. The molecule has 100 valence electrons. The molecule has 3 aromatic rings. The summed E-state index contributed by atoms with van der Waals surface area (Å²) in [6.45, 7) is 1.75. The molecule has 1 aromatic carbocycles. The van der Waals surface area contributed by atoms with Crippen LogP contribution in [0.3, 0.4) is 0 Å². The molecule has 0 unspecified atom stereocenters. The van der Waals surface area contributed by atoms with Crippen LogP contribution in [-0.4, -0.2) is 15.8 Å². The van der Waals surface area contributed by atoms with Crippen molar-refractivity contribution in [2.24, 2.45) is 0 Å². The molecule has 0 aliphatic heterocycles. The number of nitrogens with one attached hydrogen (secondary N) is 2. The van der Waals surface area contributed by atoms with Gasteiger partial charge < -0.3 is 14.4 Å². The van der Waals surface area contributed by atoms with E-state index in [0.717, 1.165) is 0 Å². The van der Waals surface area contributed by atoms with Gasteiger partial charge in [0.25, 0.3) is 0 Å². The lowest BCUT2D eigenvalue weighted by molar-refractivity contribution is 0.101. The van der Waals surface area contributed by atoms with E-state index in [1.807, 2.05) is 0 Å². The van der Waals surface area contributed by atoms with E-state index < -0.39 is 11.1 Å². The van der Waals surface area contributed by atoms with Crippen molar-refractivity contribution in [2.75, 3.05) is 0 Å². The maximum Gasteiger partial charge on any atom is 0.314 e. The van der Waals surface area contributed by atoms with Gasteiger partial charge in [-0.15, -0.1) is 0 Å². The van der Waals surface area contributed by atoms with Crippen molar-refractivity contribution in [3.05, 3.63) is 68.1 Å². The van der Waals surface area contributed by atoms with Crippen molar-refractivity contribution in [3.63, 3.8) is 0 Å². The molecule has 0 atom stereocenters. The first-order chi connectivity index (χ1) is 9.54. The minimum atomic E-state index is -0.754. The first kappa shape index (κ1) is 12.2. The van der Waals surface area contributed by atoms with Crippen LogP contribution in [0.15, 0.2) is 44.3 Å². The number of hydrogen-bond donors (Lipinski definition) is 2. The smallest absolute Gasteiger partial charge is 0.314 e. The summed E-state index contributed by atoms with van der Waals surface area (Å²) in [5.41, 5.74) is -0.255. The molecular formula is C14H10N2O4. The van der Waals surface area contributed by atoms with Gasteiger partial charge in [-0.3, -0.25) is 14.4 Å². The molecule has 0 spiro atoms. The third kappa shape index (κ3) is 1.97. The Morgan fingerprint density at radius 3 is 2.35 bits per heavy atom. The van der Waals surface area contributed by atoms with Crippen LogP contribution >= 0.6 is 0 Å². The first-order valence-electron chi connectivity index (χ1n) is 5.92. The Morgan fingerprint density at radius 1 is 1.00 bits per heavy atom. The van der Waals surface area contributed by atoms with E-state index >= 15 is 0 Å². The normalized spacial score (nSPS) is 10.8. The largest absolute Gasteiger partial charge is 0.458 e. The molecule has 0 aliphatic rings. The van der Waals surface area contributed by atoms with Crippen molar-refractivity contribution < 1.29 is 9.21 Å². The molecule has 20 heavy (non-hydrogen) atoms. The Bertz CT molecular complexity index is 930. The van der Waals surface area contributed by atoms with E-state index in [1.54, 1.807) is 31.2 Å². The molecule has 0 radical (unpaired) electrons. The fourth-order valence-electron chi connectivity index (χ4n) is 1.95. The molecule has 0 saturated heterocycles. The molecule has 6 nitrogen and oxygen atoms in total. The number of carbonyl (C=O) groups is 1. The number of aryl methyl sites for hydroxylation is 1. The fourth-order valence-corrected chi connectivity index (χ4v) is 1.95. The van der Waals surface area contributed by atoms with Crippen molar-refractivity contribution in [1.82, 2.24) is 9.97 Å². The van der Waals surface area contributed by atoms with Gasteiger partial charge in [0.2, 0.25) is 5.78 Å². The van der Waals surface area contributed by atoms with Gasteiger partial charge in [0, 0.05) is 5.56 Å². The van der Waals surface area contributed by atoms with Crippen LogP contribution in [0.5, 0.6) is 0 Å². The Hall–Kier alpha value is -2.89. The zero-order valence-electron chi connectivity index (χ0n) is 10.5. The molecule has 0 aliphatic carbocycles. The lowest BCUT2D eigenvalue weighted by Crippen LogP contribution is -2.28. The second-order valence-corrected chi connectivity index (χ2v) is 4.41. The summed E-state index contributed by atoms with van der Waals surface area (Å²) in [6.07, 6.45) is 0. The quantitative estimate of drug-likeness (QED) is 0.542. The highest BCUT2D eigenvalue weighted by Gasteiger charge is 2.13. The Kier molecular flexibility index (Phi) is 2.64. The van der Waals surface area contributed by atoms with E-state index in [9.17, 15) is 14.4 Å². The molecule has 2 heterocycles. The first-order valence-corrected chi connectivity index (χ1v) is 5.92. The maximum absolute atomic E-state index is 12.2. The second-order valence-electron chi connectivity index (χ2n) is 4.41. The van der Waals surface area contributed by atoms with Crippen LogP contribution in [0.2, 0.25) is 0 Å². The summed E-state index contributed by atoms with van der Waals surface area (Å²) in [5, 5.41) is 0. The lowest BCUT2D eigenvalue weighted by Gasteiger charge is -2.01. The number of furan rings is 1. The van der Waals surface area contributed by atoms with E-state index in [1.165, 1.54) is 6.07 Å². The van der Waals surface area contributed by atoms with Gasteiger partial charge in [-0.25, -0.2) is 0 Å². The molecule has 0 amide bonds. The van der Waals surface area contributed by atoms with Crippen molar-refractivity contribution in [3.8, 4) is 0 Å². The third-order valence-corrected chi connectivity index (χ3v) is 2.95. The van der Waals surface area contributed by atoms with E-state index in [-0.39, 0.29) is 11.5 Å². The Morgan fingerprint density at radius 2 is 1.70 bits per heavy atom. The molecule has 2 N–H and O–H groups in total. The van der Waals surface area contributed by atoms with Gasteiger partial charge in [0.05, 0.1) is 11.0 Å². The maximum atomic E-state index is 12.2. The van der Waals surface area contributed by atoms with Gasteiger partial charge in [-0.1, -0.05) is 0 Å². The standard InChI is InChI=1S/C14H10N2O4/c1-7-2-5-11(20-7)12(17)8-3-4-9-10(6-8)16-14(19)13(18)15-9/h2-6H,1H3,(H,15,18)(H,16,19). The van der Waals surface area contributed by atoms with Gasteiger partial charge in [-0.2, -0.15) is 0 Å². The molecule has 6 heteroatoms. The number of hydrogen-bond acceptors (Lipinski definition) is 4. The summed E-state index contributed by atoms with van der Waals surface area (Å²) >= 11 is 0. The molecule has 2 aromatic heterocycles. The van der Waals surface area contributed by atoms with Crippen LogP contribution in [0.1, 0.15) is 21.9 Å². The SMILES string of the molecule is Cc1ccc(C(=O)c2ccc3[nH]c(=O)c(=O)[nH]c3c2)o1. The summed E-state index contributed by atoms with van der Waals surface area (Å²) < 4.78 is 5.28. The Balaban J connectivity index is 2.13. The molecule has 0 saturated carbocycles. The highest BCUT2D eigenvalue weighted by molar-refractivity contribution is 6.08. The van der Waals surface area contributed by atoms with Gasteiger partial charge in [0.15, 0.2) is 5.76 Å². The summed E-state index contributed by atoms with van der Waals surface area (Å²) in [6, 6.07) is 7.93. The second kappa shape index (κ2) is 4.34. The zero-order valence-corrected chi connectivity index (χ0v) is 10.5. The number of rotatable bonds is 2. The predicted octanol–water partition coefficient (Wildman–Crippen LogP) is 1.35. The fraction of sp³-hybridized carbons (Fsp3) is 0.0714. The summed E-state index contributed by atoms with van der Waals surface area (Å²) in [5.74, 6) is 0.590. The topological polar surface area (TPSA) is 95.9 Å². The molecule has 3 rings (SSSR count). The Labute approximate surface area is 112 Å². The number of H-pyrrole nitrogens is 2. The van der Waals surface area contributed by atoms with Crippen LogP contribution in [0.25, 0.3) is 11.0 Å². The lowest BCUT2D eigenvalue weighted by atomic mass is 10.1. The van der Waals surface area contributed by atoms with Gasteiger partial charge >= 0.3 is 11.1 Å². The number of aromatic amines is 2. The van der Waals surface area contributed by atoms with Crippen molar-refractivity contribution in [1.29, 1.82) is 0 Å². The minimum Gasteiger partial charge on any atom is -0.458 e. The predicted molar refractivity (Wildman–Crippen MR) is 72.1 cm³/mol. The van der Waals surface area contributed by atoms with Crippen LogP contribution in [0, 0.1) is 6.92 Å². The van der Waals surface area contributed by atoms with Crippen LogP contribution in [0.4, 0.5) is 0 Å². The van der Waals surface area contributed by atoms with Crippen molar-refractivity contribution >= 4 is 16.8 Å². The third-order valence-electron chi connectivity index (χ3n) is 2.95. The van der Waals surface area contributed by atoms with E-state index in [0.29, 0.717) is 22.4 Å². The summed E-state index contributed by atoms with van der Waals surface area (Å²) in [4.78, 5) is 39.5. The van der Waals surface area contributed by atoms with E-state index in [2.05, 4.69) is 9.97 Å². The van der Waals surface area contributed by atoms with Crippen molar-refractivity contribution in [2.45, 2.75) is 6.92 Å². The highest BCUT2D eigenvalue weighted by atomic mass is 16.3. The molecule has 0 fully saturated rings. The number of aromatic nitrogens is 2. The van der Waals surface area contributed by atoms with Crippen LogP contribution < -0.4 is 11.1 Å². The minimum absolute atomic E-state index is 0.230. The van der Waals surface area contributed by atoms with Gasteiger partial charge in [-0.05, 0) is 37.3 Å². The highest BCUT2D eigenvalue weighted by Crippen LogP contribution is 2.15. The molecular weight excluding hydrogens is 260 g/mol. The average Bonchev–Trinajstić information content (AvgIpc) is 2.85. The van der Waals surface area contributed by atoms with Gasteiger partial charge in [0.1, 0.15) is 5.76 Å². The zero-order chi connectivity index (χ0) is 14.3. The number of carbonyl (C=O) groups excluding carboxylic acids is 1. The average molecular weight is 270 g/mol. The van der Waals surface area contributed by atoms with Crippen LogP contribution in [-0.2, 0) is 0 Å². The number of ketones is 1. The number of benzene rings is 1. The summed E-state index contributed by atoms with van der Waals surface area (Å²) in [7, 11) is 0. The number of fused-ring (bicyclic) bond motifs is 1.